The highest BCUT2D eigenvalue weighted by molar-refractivity contribution is 9.10. The van der Waals surface area contributed by atoms with Gasteiger partial charge in [0.2, 0.25) is 5.91 Å². The Kier molecular flexibility index (Phi) is 6.12. The lowest BCUT2D eigenvalue weighted by Crippen LogP contribution is -2.38. The maximum absolute atomic E-state index is 11.9. The number of nitrogens with two attached hydrogens (primary N) is 1. The quantitative estimate of drug-likeness (QED) is 0.893. The smallest absolute Gasteiger partial charge is 0.224 e. The van der Waals surface area contributed by atoms with Crippen LogP contribution in [-0.2, 0) is 11.3 Å². The molecule has 0 aliphatic heterocycles. The summed E-state index contributed by atoms with van der Waals surface area (Å²) in [5, 5.41) is 2.96. The monoisotopic (exact) mass is 332 g/mol. The van der Waals surface area contributed by atoms with Crippen LogP contribution in [0.1, 0.15) is 24.8 Å². The molecule has 1 aromatic carbocycles. The van der Waals surface area contributed by atoms with E-state index in [1.165, 1.54) is 0 Å². The van der Waals surface area contributed by atoms with Crippen molar-refractivity contribution in [2.24, 2.45) is 11.7 Å². The lowest BCUT2D eigenvalue weighted by Gasteiger charge is -2.15. The summed E-state index contributed by atoms with van der Waals surface area (Å²) in [6.45, 7) is 0.579. The maximum Gasteiger partial charge on any atom is 0.224 e. The highest BCUT2D eigenvalue weighted by Crippen LogP contribution is 2.24. The number of rotatable bonds is 3. The van der Waals surface area contributed by atoms with Crippen LogP contribution in [0, 0.1) is 5.92 Å². The van der Waals surface area contributed by atoms with Gasteiger partial charge in [0, 0.05) is 17.1 Å². The minimum absolute atomic E-state index is 0. The molecular formula is C13H18BrClN2O. The van der Waals surface area contributed by atoms with Crippen LogP contribution in [0.5, 0.6) is 0 Å². The molecule has 1 amide bonds. The number of halogens is 2. The zero-order chi connectivity index (χ0) is 12.3. The predicted molar refractivity (Wildman–Crippen MR) is 78.6 cm³/mol. The zero-order valence-electron chi connectivity index (χ0n) is 10.1. The molecule has 0 aromatic heterocycles. The molecule has 2 atom stereocenters. The predicted octanol–water partition coefficient (Wildman–Crippen LogP) is 2.61. The maximum atomic E-state index is 11.9. The molecule has 0 saturated heterocycles. The average molecular weight is 334 g/mol. The van der Waals surface area contributed by atoms with E-state index in [0.29, 0.717) is 6.54 Å². The molecule has 18 heavy (non-hydrogen) atoms. The van der Waals surface area contributed by atoms with Gasteiger partial charge in [-0.2, -0.15) is 0 Å². The third kappa shape index (κ3) is 3.97. The molecule has 1 aliphatic rings. The van der Waals surface area contributed by atoms with Crippen LogP contribution in [0.4, 0.5) is 0 Å². The van der Waals surface area contributed by atoms with Crippen LogP contribution >= 0.6 is 28.3 Å². The largest absolute Gasteiger partial charge is 0.352 e. The molecule has 0 radical (unpaired) electrons. The number of benzene rings is 1. The molecule has 1 aromatic rings. The van der Waals surface area contributed by atoms with E-state index in [2.05, 4.69) is 21.2 Å². The number of hydrogen-bond acceptors (Lipinski definition) is 2. The van der Waals surface area contributed by atoms with E-state index in [1.54, 1.807) is 0 Å². The Bertz CT molecular complexity index is 396. The second-order valence-electron chi connectivity index (χ2n) is 4.55. The minimum atomic E-state index is 0. The molecule has 3 N–H and O–H groups in total. The topological polar surface area (TPSA) is 55.1 Å². The van der Waals surface area contributed by atoms with Crippen molar-refractivity contribution in [3.05, 3.63) is 34.3 Å². The summed E-state index contributed by atoms with van der Waals surface area (Å²) in [6.07, 6.45) is 2.96. The summed E-state index contributed by atoms with van der Waals surface area (Å²) in [6, 6.07) is 7.99. The van der Waals surface area contributed by atoms with Crippen LogP contribution in [-0.4, -0.2) is 11.9 Å². The Morgan fingerprint density at radius 3 is 2.56 bits per heavy atom. The van der Waals surface area contributed by atoms with Crippen molar-refractivity contribution in [1.82, 2.24) is 5.32 Å². The van der Waals surface area contributed by atoms with Crippen molar-refractivity contribution in [3.63, 3.8) is 0 Å². The van der Waals surface area contributed by atoms with Gasteiger partial charge in [-0.25, -0.2) is 0 Å². The zero-order valence-corrected chi connectivity index (χ0v) is 12.5. The third-order valence-corrected chi connectivity index (χ3v) is 3.81. The van der Waals surface area contributed by atoms with Gasteiger partial charge in [0.1, 0.15) is 0 Å². The Hall–Kier alpha value is -0.580. The van der Waals surface area contributed by atoms with Gasteiger partial charge < -0.3 is 11.1 Å². The Morgan fingerprint density at radius 2 is 2.00 bits per heavy atom. The van der Waals surface area contributed by atoms with Crippen molar-refractivity contribution >= 4 is 34.2 Å². The van der Waals surface area contributed by atoms with Gasteiger partial charge >= 0.3 is 0 Å². The number of nitrogens with one attached hydrogen (secondary N) is 1. The normalized spacial score (nSPS) is 22.3. The van der Waals surface area contributed by atoms with Crippen molar-refractivity contribution < 1.29 is 4.79 Å². The Balaban J connectivity index is 0.00000162. The molecule has 1 aliphatic carbocycles. The summed E-state index contributed by atoms with van der Waals surface area (Å²) < 4.78 is 1.05. The minimum Gasteiger partial charge on any atom is -0.352 e. The number of amides is 1. The van der Waals surface area contributed by atoms with Gasteiger partial charge in [0.25, 0.3) is 0 Å². The molecule has 3 nitrogen and oxygen atoms in total. The summed E-state index contributed by atoms with van der Waals surface area (Å²) in [4.78, 5) is 11.9. The van der Waals surface area contributed by atoms with Crippen LogP contribution in [0.3, 0.4) is 0 Å². The van der Waals surface area contributed by atoms with E-state index >= 15 is 0 Å². The second kappa shape index (κ2) is 7.12. The number of hydrogen-bond donors (Lipinski definition) is 2. The second-order valence-corrected chi connectivity index (χ2v) is 5.46. The SMILES string of the molecule is Cl.NC1CCCC1C(=O)NCc1ccc(Br)cc1. The lowest BCUT2D eigenvalue weighted by molar-refractivity contribution is -0.125. The average Bonchev–Trinajstić information content (AvgIpc) is 2.74. The van der Waals surface area contributed by atoms with Crippen molar-refractivity contribution in [3.8, 4) is 0 Å². The van der Waals surface area contributed by atoms with E-state index in [1.807, 2.05) is 24.3 Å². The van der Waals surface area contributed by atoms with Gasteiger partial charge in [-0.3, -0.25) is 4.79 Å². The van der Waals surface area contributed by atoms with Gasteiger partial charge in [-0.15, -0.1) is 12.4 Å². The molecule has 5 heteroatoms. The van der Waals surface area contributed by atoms with Crippen LogP contribution in [0.15, 0.2) is 28.7 Å². The molecular weight excluding hydrogens is 316 g/mol. The summed E-state index contributed by atoms with van der Waals surface area (Å²) in [5.41, 5.74) is 7.01. The first-order chi connectivity index (χ1) is 8.16. The molecule has 0 bridgehead atoms. The highest BCUT2D eigenvalue weighted by atomic mass is 79.9. The Morgan fingerprint density at radius 1 is 1.33 bits per heavy atom. The van der Waals surface area contributed by atoms with Crippen molar-refractivity contribution in [1.29, 1.82) is 0 Å². The fourth-order valence-corrected chi connectivity index (χ4v) is 2.50. The van der Waals surface area contributed by atoms with E-state index in [9.17, 15) is 4.79 Å². The van der Waals surface area contributed by atoms with Gasteiger partial charge in [-0.05, 0) is 30.5 Å². The molecule has 0 spiro atoms. The fraction of sp³-hybridized carbons (Fsp3) is 0.462. The number of carbonyl (C=O) groups is 1. The van der Waals surface area contributed by atoms with E-state index < -0.39 is 0 Å². The molecule has 2 unspecified atom stereocenters. The lowest BCUT2D eigenvalue weighted by atomic mass is 10.0. The molecule has 2 rings (SSSR count). The van der Waals surface area contributed by atoms with Gasteiger partial charge in [0.05, 0.1) is 5.92 Å². The van der Waals surface area contributed by atoms with Crippen LogP contribution < -0.4 is 11.1 Å². The van der Waals surface area contributed by atoms with Gasteiger partial charge in [-0.1, -0.05) is 34.5 Å². The first-order valence-electron chi connectivity index (χ1n) is 5.94. The van der Waals surface area contributed by atoms with Crippen LogP contribution in [0.2, 0.25) is 0 Å². The molecule has 0 heterocycles. The highest BCUT2D eigenvalue weighted by Gasteiger charge is 2.29. The van der Waals surface area contributed by atoms with Crippen molar-refractivity contribution in [2.45, 2.75) is 31.8 Å². The molecule has 100 valence electrons. The fourth-order valence-electron chi connectivity index (χ4n) is 2.24. The number of carbonyl (C=O) groups excluding carboxylic acids is 1. The summed E-state index contributed by atoms with van der Waals surface area (Å²) in [7, 11) is 0. The Labute approximate surface area is 122 Å². The van der Waals surface area contributed by atoms with E-state index in [-0.39, 0.29) is 30.3 Å². The van der Waals surface area contributed by atoms with Crippen molar-refractivity contribution in [2.75, 3.05) is 0 Å². The summed E-state index contributed by atoms with van der Waals surface area (Å²) in [5.74, 6) is 0.100. The van der Waals surface area contributed by atoms with Crippen LogP contribution in [0.25, 0.3) is 0 Å². The summed E-state index contributed by atoms with van der Waals surface area (Å²) >= 11 is 3.38. The van der Waals surface area contributed by atoms with E-state index in [4.69, 9.17) is 5.73 Å². The van der Waals surface area contributed by atoms with E-state index in [0.717, 1.165) is 29.3 Å². The van der Waals surface area contributed by atoms with Gasteiger partial charge in [0.15, 0.2) is 0 Å². The molecule has 1 fully saturated rings. The first-order valence-corrected chi connectivity index (χ1v) is 6.74. The standard InChI is InChI=1S/C13H17BrN2O.ClH/c14-10-6-4-9(5-7-10)8-16-13(17)11-2-1-3-12(11)15;/h4-7,11-12H,1-3,8,15H2,(H,16,17);1H. The first kappa shape index (κ1) is 15.5. The molecule has 1 saturated carbocycles. The third-order valence-electron chi connectivity index (χ3n) is 3.29.